The Morgan fingerprint density at radius 1 is 1.58 bits per heavy atom. The van der Waals surface area contributed by atoms with Crippen molar-refractivity contribution in [1.82, 2.24) is 4.90 Å². The molecule has 1 aliphatic carbocycles. The predicted octanol–water partition coefficient (Wildman–Crippen LogP) is 2.45. The third-order valence-electron chi connectivity index (χ3n) is 3.14. The van der Waals surface area contributed by atoms with Crippen molar-refractivity contribution in [3.8, 4) is 0 Å². The zero-order valence-corrected chi connectivity index (χ0v) is 11.2. The van der Waals surface area contributed by atoms with Gasteiger partial charge in [-0.15, -0.1) is 0 Å². The fraction of sp³-hybridized carbons (Fsp3) is 0.417. The van der Waals surface area contributed by atoms with Crippen molar-refractivity contribution < 1.29 is 9.72 Å². The van der Waals surface area contributed by atoms with E-state index in [0.717, 1.165) is 12.8 Å². The van der Waals surface area contributed by atoms with Crippen LogP contribution in [0.5, 0.6) is 0 Å². The molecule has 1 amide bonds. The van der Waals surface area contributed by atoms with E-state index in [1.54, 1.807) is 4.90 Å². The van der Waals surface area contributed by atoms with Gasteiger partial charge < -0.3 is 10.6 Å². The zero-order valence-electron chi connectivity index (χ0n) is 10.4. The standard InChI is InChI=1S/C12H14ClN3O3/c1-2-15(8-3-4-8)12(17)7-5-9(13)11(14)10(6-7)16(18)19/h5-6,8H,2-4,14H2,1H3. The van der Waals surface area contributed by atoms with Crippen LogP contribution in [0.4, 0.5) is 11.4 Å². The highest BCUT2D eigenvalue weighted by molar-refractivity contribution is 6.34. The van der Waals surface area contributed by atoms with Crippen molar-refractivity contribution in [2.45, 2.75) is 25.8 Å². The molecule has 0 spiro atoms. The van der Waals surface area contributed by atoms with E-state index in [9.17, 15) is 14.9 Å². The SMILES string of the molecule is CCN(C(=O)c1cc(Cl)c(N)c([N+](=O)[O-])c1)C1CC1. The van der Waals surface area contributed by atoms with Gasteiger partial charge in [0.05, 0.1) is 9.95 Å². The van der Waals surface area contributed by atoms with Crippen molar-refractivity contribution in [1.29, 1.82) is 0 Å². The fourth-order valence-corrected chi connectivity index (χ4v) is 2.21. The molecule has 1 saturated carbocycles. The minimum Gasteiger partial charge on any atom is -0.392 e. The van der Waals surface area contributed by atoms with Crippen LogP contribution in [-0.4, -0.2) is 28.3 Å². The molecular formula is C12H14ClN3O3. The number of carbonyl (C=O) groups is 1. The first-order valence-corrected chi connectivity index (χ1v) is 6.37. The van der Waals surface area contributed by atoms with E-state index in [2.05, 4.69) is 0 Å². The molecule has 1 aromatic rings. The lowest BCUT2D eigenvalue weighted by atomic mass is 10.1. The maximum Gasteiger partial charge on any atom is 0.294 e. The summed E-state index contributed by atoms with van der Waals surface area (Å²) in [5, 5.41) is 10.9. The molecule has 0 atom stereocenters. The van der Waals surface area contributed by atoms with E-state index in [1.807, 2.05) is 6.92 Å². The van der Waals surface area contributed by atoms with Crippen LogP contribution in [0, 0.1) is 10.1 Å². The molecule has 2 rings (SSSR count). The van der Waals surface area contributed by atoms with E-state index in [1.165, 1.54) is 12.1 Å². The molecular weight excluding hydrogens is 270 g/mol. The molecule has 0 radical (unpaired) electrons. The van der Waals surface area contributed by atoms with E-state index < -0.39 is 4.92 Å². The number of benzene rings is 1. The molecule has 0 bridgehead atoms. The first-order chi connectivity index (χ1) is 8.95. The van der Waals surface area contributed by atoms with Gasteiger partial charge in [0.25, 0.3) is 11.6 Å². The van der Waals surface area contributed by atoms with Gasteiger partial charge in [0.2, 0.25) is 0 Å². The summed E-state index contributed by atoms with van der Waals surface area (Å²) in [5.74, 6) is -0.241. The highest BCUT2D eigenvalue weighted by Gasteiger charge is 2.32. The average molecular weight is 284 g/mol. The third kappa shape index (κ3) is 2.63. The molecule has 0 aromatic heterocycles. The number of anilines is 1. The molecule has 7 heteroatoms. The highest BCUT2D eigenvalue weighted by Crippen LogP contribution is 2.33. The molecule has 0 unspecified atom stereocenters. The average Bonchev–Trinajstić information content (AvgIpc) is 3.17. The summed E-state index contributed by atoms with van der Waals surface area (Å²) < 4.78 is 0. The summed E-state index contributed by atoms with van der Waals surface area (Å²) in [4.78, 5) is 24.2. The lowest BCUT2D eigenvalue weighted by Gasteiger charge is -2.20. The Morgan fingerprint density at radius 2 is 2.21 bits per heavy atom. The number of nitrogens with two attached hydrogens (primary N) is 1. The van der Waals surface area contributed by atoms with Crippen LogP contribution in [0.15, 0.2) is 12.1 Å². The summed E-state index contributed by atoms with van der Waals surface area (Å²) >= 11 is 5.85. The Labute approximate surface area is 115 Å². The summed E-state index contributed by atoms with van der Waals surface area (Å²) in [6.07, 6.45) is 1.95. The molecule has 1 fully saturated rings. The Hall–Kier alpha value is -1.82. The molecule has 1 aliphatic rings. The lowest BCUT2D eigenvalue weighted by Crippen LogP contribution is -2.32. The van der Waals surface area contributed by atoms with Crippen LogP contribution in [0.25, 0.3) is 0 Å². The van der Waals surface area contributed by atoms with Crippen LogP contribution in [0.2, 0.25) is 5.02 Å². The number of rotatable bonds is 4. The van der Waals surface area contributed by atoms with Gasteiger partial charge in [0, 0.05) is 24.2 Å². The van der Waals surface area contributed by atoms with Crippen molar-refractivity contribution in [2.75, 3.05) is 12.3 Å². The number of amides is 1. The quantitative estimate of drug-likeness (QED) is 0.522. The molecule has 0 heterocycles. The maximum atomic E-state index is 12.3. The normalized spacial score (nSPS) is 14.2. The summed E-state index contributed by atoms with van der Waals surface area (Å²) in [6.45, 7) is 2.45. The second kappa shape index (κ2) is 5.05. The summed E-state index contributed by atoms with van der Waals surface area (Å²) in [5.41, 5.74) is 5.30. The Morgan fingerprint density at radius 3 is 2.68 bits per heavy atom. The number of hydrogen-bond acceptors (Lipinski definition) is 4. The number of nitro groups is 1. The molecule has 0 saturated heterocycles. The van der Waals surface area contributed by atoms with Crippen LogP contribution >= 0.6 is 11.6 Å². The lowest BCUT2D eigenvalue weighted by molar-refractivity contribution is -0.383. The largest absolute Gasteiger partial charge is 0.392 e. The molecule has 6 nitrogen and oxygen atoms in total. The zero-order chi connectivity index (χ0) is 14.2. The molecule has 2 N–H and O–H groups in total. The Balaban J connectivity index is 2.39. The predicted molar refractivity (Wildman–Crippen MR) is 72.3 cm³/mol. The van der Waals surface area contributed by atoms with Crippen molar-refractivity contribution >= 4 is 28.9 Å². The minimum absolute atomic E-state index is 0.0319. The molecule has 102 valence electrons. The number of nitrogen functional groups attached to an aromatic ring is 1. The first kappa shape index (κ1) is 13.6. The van der Waals surface area contributed by atoms with Crippen molar-refractivity contribution in [3.05, 3.63) is 32.8 Å². The van der Waals surface area contributed by atoms with Gasteiger partial charge in [0.1, 0.15) is 5.69 Å². The van der Waals surface area contributed by atoms with Gasteiger partial charge in [-0.2, -0.15) is 0 Å². The summed E-state index contributed by atoms with van der Waals surface area (Å²) in [6, 6.07) is 2.82. The van der Waals surface area contributed by atoms with E-state index in [4.69, 9.17) is 17.3 Å². The highest BCUT2D eigenvalue weighted by atomic mass is 35.5. The number of nitrogens with zero attached hydrogens (tertiary/aromatic N) is 2. The van der Waals surface area contributed by atoms with Crippen molar-refractivity contribution in [2.24, 2.45) is 0 Å². The second-order valence-electron chi connectivity index (χ2n) is 4.47. The maximum absolute atomic E-state index is 12.3. The monoisotopic (exact) mass is 283 g/mol. The van der Waals surface area contributed by atoms with Crippen LogP contribution in [0.1, 0.15) is 30.1 Å². The molecule has 19 heavy (non-hydrogen) atoms. The van der Waals surface area contributed by atoms with E-state index >= 15 is 0 Å². The van der Waals surface area contributed by atoms with Crippen molar-refractivity contribution in [3.63, 3.8) is 0 Å². The molecule has 1 aromatic carbocycles. The number of nitro benzene ring substituents is 1. The van der Waals surface area contributed by atoms with Crippen LogP contribution < -0.4 is 5.73 Å². The van der Waals surface area contributed by atoms with E-state index in [-0.39, 0.29) is 33.9 Å². The topological polar surface area (TPSA) is 89.5 Å². The smallest absolute Gasteiger partial charge is 0.294 e. The van der Waals surface area contributed by atoms with Crippen LogP contribution in [-0.2, 0) is 0 Å². The third-order valence-corrected chi connectivity index (χ3v) is 3.45. The van der Waals surface area contributed by atoms with Crippen LogP contribution in [0.3, 0.4) is 0 Å². The molecule has 0 aliphatic heterocycles. The van der Waals surface area contributed by atoms with Gasteiger partial charge in [-0.05, 0) is 25.8 Å². The van der Waals surface area contributed by atoms with E-state index in [0.29, 0.717) is 6.54 Å². The van der Waals surface area contributed by atoms with Gasteiger partial charge >= 0.3 is 0 Å². The summed E-state index contributed by atoms with van der Waals surface area (Å²) in [7, 11) is 0. The van der Waals surface area contributed by atoms with Gasteiger partial charge in [-0.3, -0.25) is 14.9 Å². The Kier molecular flexibility index (Phi) is 3.61. The van der Waals surface area contributed by atoms with Gasteiger partial charge in [-0.1, -0.05) is 11.6 Å². The number of hydrogen-bond donors (Lipinski definition) is 1. The van der Waals surface area contributed by atoms with Gasteiger partial charge in [-0.25, -0.2) is 0 Å². The second-order valence-corrected chi connectivity index (χ2v) is 4.88. The number of halogens is 1. The van der Waals surface area contributed by atoms with Gasteiger partial charge in [0.15, 0.2) is 0 Å². The fourth-order valence-electron chi connectivity index (χ4n) is 2.00. The minimum atomic E-state index is -0.634. The Bertz CT molecular complexity index is 543. The first-order valence-electron chi connectivity index (χ1n) is 6.00. The number of carbonyl (C=O) groups excluding carboxylic acids is 1.